The lowest BCUT2D eigenvalue weighted by Crippen LogP contribution is -2.32. The smallest absolute Gasteiger partial charge is 0.338 e. The minimum Gasteiger partial charge on any atom is -0.459 e. The van der Waals surface area contributed by atoms with Crippen molar-refractivity contribution in [2.45, 2.75) is 51.2 Å². The molecule has 2 aromatic rings. The molecule has 4 rings (SSSR count). The number of anilines is 1. The standard InChI is InChI=1S/C18H20BrN5O2/c1-11-15(17(25)26-12-7-3-2-4-8-12)16(13-9-5-6-10-14(13)19)24-18(20-11)21-22-23-24/h5-6,9-10,12,16H,2-4,7-8H2,1H3,(H,20,21,23)/t16-/m1/s1. The molecule has 0 saturated heterocycles. The molecule has 136 valence electrons. The molecule has 2 heterocycles. The Morgan fingerprint density at radius 1 is 1.27 bits per heavy atom. The molecule has 1 fully saturated rings. The summed E-state index contributed by atoms with van der Waals surface area (Å²) >= 11 is 3.59. The summed E-state index contributed by atoms with van der Waals surface area (Å²) in [5.41, 5.74) is 2.17. The minimum absolute atomic E-state index is 0.00770. The fraction of sp³-hybridized carbons (Fsp3) is 0.444. The van der Waals surface area contributed by atoms with E-state index in [2.05, 4.69) is 36.8 Å². The molecular formula is C18H20BrN5O2. The molecule has 1 aliphatic carbocycles. The first-order valence-electron chi connectivity index (χ1n) is 8.86. The Labute approximate surface area is 159 Å². The van der Waals surface area contributed by atoms with E-state index >= 15 is 0 Å². The van der Waals surface area contributed by atoms with Crippen LogP contribution in [-0.2, 0) is 9.53 Å². The molecule has 1 aromatic heterocycles. The molecule has 0 amide bonds. The third kappa shape index (κ3) is 3.13. The number of tetrazole rings is 1. The molecular weight excluding hydrogens is 398 g/mol. The van der Waals surface area contributed by atoms with Crippen molar-refractivity contribution < 1.29 is 9.53 Å². The highest BCUT2D eigenvalue weighted by Gasteiger charge is 2.36. The van der Waals surface area contributed by atoms with Gasteiger partial charge in [-0.25, -0.2) is 4.79 Å². The number of hydrogen-bond acceptors (Lipinski definition) is 6. The highest BCUT2D eigenvalue weighted by Crippen LogP contribution is 2.38. The van der Waals surface area contributed by atoms with Crippen molar-refractivity contribution in [3.05, 3.63) is 45.6 Å². The van der Waals surface area contributed by atoms with E-state index in [1.807, 2.05) is 31.2 Å². The van der Waals surface area contributed by atoms with Crippen LogP contribution in [0.15, 0.2) is 40.0 Å². The molecule has 1 saturated carbocycles. The number of carbonyl (C=O) groups excluding carboxylic acids is 1. The van der Waals surface area contributed by atoms with Gasteiger partial charge in [-0.15, -0.1) is 0 Å². The monoisotopic (exact) mass is 417 g/mol. The van der Waals surface area contributed by atoms with E-state index < -0.39 is 6.04 Å². The Balaban J connectivity index is 1.72. The van der Waals surface area contributed by atoms with E-state index in [1.54, 1.807) is 4.68 Å². The van der Waals surface area contributed by atoms with Gasteiger partial charge in [-0.2, -0.15) is 4.68 Å². The second-order valence-corrected chi connectivity index (χ2v) is 7.55. The third-order valence-electron chi connectivity index (χ3n) is 4.96. The number of rotatable bonds is 3. The van der Waals surface area contributed by atoms with Gasteiger partial charge >= 0.3 is 5.97 Å². The zero-order valence-corrected chi connectivity index (χ0v) is 16.1. The number of halogens is 1. The first-order chi connectivity index (χ1) is 12.6. The van der Waals surface area contributed by atoms with Crippen LogP contribution in [0.2, 0.25) is 0 Å². The highest BCUT2D eigenvalue weighted by atomic mass is 79.9. The van der Waals surface area contributed by atoms with E-state index in [9.17, 15) is 4.79 Å². The first kappa shape index (κ1) is 17.2. The van der Waals surface area contributed by atoms with E-state index in [0.29, 0.717) is 17.2 Å². The van der Waals surface area contributed by atoms with Crippen LogP contribution in [0, 0.1) is 0 Å². The number of hydrogen-bond donors (Lipinski definition) is 1. The number of ether oxygens (including phenoxy) is 1. The topological polar surface area (TPSA) is 81.9 Å². The lowest BCUT2D eigenvalue weighted by Gasteiger charge is -2.30. The normalized spacial score (nSPS) is 20.5. The number of esters is 1. The maximum atomic E-state index is 13.1. The zero-order valence-electron chi connectivity index (χ0n) is 14.5. The van der Waals surface area contributed by atoms with Crippen molar-refractivity contribution in [3.63, 3.8) is 0 Å². The molecule has 8 heteroatoms. The van der Waals surface area contributed by atoms with E-state index in [0.717, 1.165) is 35.7 Å². The van der Waals surface area contributed by atoms with Crippen LogP contribution in [0.1, 0.15) is 50.6 Å². The Morgan fingerprint density at radius 3 is 2.81 bits per heavy atom. The zero-order chi connectivity index (χ0) is 18.1. The van der Waals surface area contributed by atoms with Gasteiger partial charge in [0.2, 0.25) is 5.95 Å². The number of allylic oxidation sites excluding steroid dienone is 1. The predicted molar refractivity (Wildman–Crippen MR) is 99.4 cm³/mol. The Kier molecular flexibility index (Phi) is 4.76. The summed E-state index contributed by atoms with van der Waals surface area (Å²) in [5, 5.41) is 15.0. The SMILES string of the molecule is CC1=C(C(=O)OC2CCCCC2)[C@@H](c2ccccc2Br)n2nnnc2N1. The van der Waals surface area contributed by atoms with Crippen molar-refractivity contribution in [2.24, 2.45) is 0 Å². The number of fused-ring (bicyclic) bond motifs is 1. The van der Waals surface area contributed by atoms with Crippen molar-refractivity contribution in [1.29, 1.82) is 0 Å². The number of nitrogens with zero attached hydrogens (tertiary/aromatic N) is 4. The summed E-state index contributed by atoms with van der Waals surface area (Å²) in [5.74, 6) is 0.210. The molecule has 7 nitrogen and oxygen atoms in total. The summed E-state index contributed by atoms with van der Waals surface area (Å²) < 4.78 is 8.37. The molecule has 0 spiro atoms. The second-order valence-electron chi connectivity index (χ2n) is 6.70. The van der Waals surface area contributed by atoms with E-state index in [1.165, 1.54) is 6.42 Å². The van der Waals surface area contributed by atoms with Gasteiger partial charge in [0.25, 0.3) is 0 Å². The van der Waals surface area contributed by atoms with Gasteiger partial charge in [0.05, 0.1) is 5.57 Å². The largest absolute Gasteiger partial charge is 0.459 e. The minimum atomic E-state index is -0.437. The summed E-state index contributed by atoms with van der Waals surface area (Å²) in [7, 11) is 0. The maximum Gasteiger partial charge on any atom is 0.338 e. The molecule has 26 heavy (non-hydrogen) atoms. The Morgan fingerprint density at radius 2 is 2.04 bits per heavy atom. The molecule has 0 unspecified atom stereocenters. The number of benzene rings is 1. The average molecular weight is 418 g/mol. The Bertz CT molecular complexity index is 857. The van der Waals surface area contributed by atoms with E-state index in [-0.39, 0.29) is 12.1 Å². The Hall–Kier alpha value is -2.22. The van der Waals surface area contributed by atoms with Gasteiger partial charge in [0.15, 0.2) is 0 Å². The van der Waals surface area contributed by atoms with E-state index in [4.69, 9.17) is 4.74 Å². The number of carbonyl (C=O) groups is 1. The van der Waals surface area contributed by atoms with Crippen molar-refractivity contribution >= 4 is 27.8 Å². The molecule has 1 aliphatic heterocycles. The van der Waals surface area contributed by atoms with Crippen molar-refractivity contribution in [1.82, 2.24) is 20.2 Å². The lowest BCUT2D eigenvalue weighted by atomic mass is 9.95. The molecule has 1 atom stereocenters. The summed E-state index contributed by atoms with van der Waals surface area (Å²) in [6, 6.07) is 7.35. The second kappa shape index (κ2) is 7.19. The maximum absolute atomic E-state index is 13.1. The van der Waals surface area contributed by atoms with Crippen molar-refractivity contribution in [3.8, 4) is 0 Å². The summed E-state index contributed by atoms with van der Waals surface area (Å²) in [6.07, 6.45) is 5.29. The fourth-order valence-corrected chi connectivity index (χ4v) is 4.16. The molecule has 2 aliphatic rings. The summed E-state index contributed by atoms with van der Waals surface area (Å²) in [6.45, 7) is 1.86. The van der Waals surface area contributed by atoms with Gasteiger partial charge in [-0.1, -0.05) is 45.6 Å². The van der Waals surface area contributed by atoms with Crippen LogP contribution < -0.4 is 5.32 Å². The van der Waals surface area contributed by atoms with Gasteiger partial charge < -0.3 is 10.1 Å². The number of nitrogens with one attached hydrogen (secondary N) is 1. The van der Waals surface area contributed by atoms with Gasteiger partial charge in [0.1, 0.15) is 12.1 Å². The molecule has 1 N–H and O–H groups in total. The third-order valence-corrected chi connectivity index (χ3v) is 5.68. The van der Waals surface area contributed by atoms with Crippen LogP contribution in [0.25, 0.3) is 0 Å². The quantitative estimate of drug-likeness (QED) is 0.768. The van der Waals surface area contributed by atoms with Crippen LogP contribution >= 0.6 is 15.9 Å². The summed E-state index contributed by atoms with van der Waals surface area (Å²) in [4.78, 5) is 13.1. The molecule has 0 bridgehead atoms. The average Bonchev–Trinajstić information content (AvgIpc) is 3.10. The number of aromatic nitrogens is 4. The lowest BCUT2D eigenvalue weighted by molar-refractivity contribution is -0.146. The van der Waals surface area contributed by atoms with Gasteiger partial charge in [-0.3, -0.25) is 0 Å². The van der Waals surface area contributed by atoms with Gasteiger partial charge in [0, 0.05) is 10.2 Å². The van der Waals surface area contributed by atoms with Crippen LogP contribution in [0.4, 0.5) is 5.95 Å². The highest BCUT2D eigenvalue weighted by molar-refractivity contribution is 9.10. The molecule has 1 aromatic carbocycles. The fourth-order valence-electron chi connectivity index (χ4n) is 3.66. The van der Waals surface area contributed by atoms with Crippen LogP contribution in [-0.4, -0.2) is 32.3 Å². The van der Waals surface area contributed by atoms with Crippen molar-refractivity contribution in [2.75, 3.05) is 5.32 Å². The molecule has 0 radical (unpaired) electrons. The first-order valence-corrected chi connectivity index (χ1v) is 9.65. The predicted octanol–water partition coefficient (Wildman–Crippen LogP) is 3.60. The van der Waals surface area contributed by atoms with Gasteiger partial charge in [-0.05, 0) is 54.7 Å². The van der Waals surface area contributed by atoms with Crippen LogP contribution in [0.3, 0.4) is 0 Å². The van der Waals surface area contributed by atoms with Crippen LogP contribution in [0.5, 0.6) is 0 Å².